The highest BCUT2D eigenvalue weighted by atomic mass is 16.6. The quantitative estimate of drug-likeness (QED) is 0.649. The van der Waals surface area contributed by atoms with Gasteiger partial charge in [-0.25, -0.2) is 4.98 Å². The number of aryl methyl sites for hydroxylation is 1. The highest BCUT2D eigenvalue weighted by molar-refractivity contribution is 5.61. The zero-order valence-corrected chi connectivity index (χ0v) is 11.9. The minimum Gasteiger partial charge on any atom is -0.473 e. The fourth-order valence-electron chi connectivity index (χ4n) is 1.79. The summed E-state index contributed by atoms with van der Waals surface area (Å²) < 4.78 is 5.17. The molecule has 0 atom stereocenters. The van der Waals surface area contributed by atoms with E-state index in [4.69, 9.17) is 4.74 Å². The summed E-state index contributed by atoms with van der Waals surface area (Å²) in [6, 6.07) is 7.88. The topological polar surface area (TPSA) is 90.2 Å². The van der Waals surface area contributed by atoms with Crippen LogP contribution in [0.5, 0.6) is 5.88 Å². The van der Waals surface area contributed by atoms with Crippen molar-refractivity contribution < 1.29 is 9.66 Å². The number of nitrogens with one attached hydrogen (secondary N) is 1. The molecular weight excluding hydrogens is 272 g/mol. The first-order valence-corrected chi connectivity index (χ1v) is 6.53. The van der Waals surface area contributed by atoms with Crippen LogP contribution in [0.3, 0.4) is 0 Å². The number of hydrogen-bond donors (Lipinski definition) is 1. The van der Waals surface area contributed by atoms with E-state index < -0.39 is 4.92 Å². The summed E-state index contributed by atoms with van der Waals surface area (Å²) in [5, 5.41) is 14.1. The van der Waals surface area contributed by atoms with Gasteiger partial charge >= 0.3 is 5.69 Å². The lowest BCUT2D eigenvalue weighted by Crippen LogP contribution is -2.08. The van der Waals surface area contributed by atoms with Crippen LogP contribution in [0.2, 0.25) is 0 Å². The third-order valence-corrected chi connectivity index (χ3v) is 2.83. The van der Waals surface area contributed by atoms with Crippen LogP contribution in [0.15, 0.2) is 30.6 Å². The van der Waals surface area contributed by atoms with Gasteiger partial charge in [-0.05, 0) is 19.4 Å². The summed E-state index contributed by atoms with van der Waals surface area (Å²) in [7, 11) is 0. The van der Waals surface area contributed by atoms with Gasteiger partial charge in [0.2, 0.25) is 5.82 Å². The fourth-order valence-corrected chi connectivity index (χ4v) is 1.79. The Bertz CT molecular complexity index is 629. The zero-order chi connectivity index (χ0) is 15.2. The second-order valence-corrected chi connectivity index (χ2v) is 4.41. The molecule has 0 aliphatic rings. The summed E-state index contributed by atoms with van der Waals surface area (Å²) in [6.07, 6.45) is 1.25. The Morgan fingerprint density at radius 1 is 1.29 bits per heavy atom. The largest absolute Gasteiger partial charge is 0.473 e. The molecule has 0 bridgehead atoms. The standard InChI is InChI=1S/C14H16N4O3/c1-3-21-14-12(18(19)20)13(16-9-17-14)15-8-11-6-4-10(2)5-7-11/h4-7,9H,3,8H2,1-2H3,(H,15,16,17). The molecule has 0 radical (unpaired) electrons. The number of nitro groups is 1. The summed E-state index contributed by atoms with van der Waals surface area (Å²) in [5.74, 6) is 0.128. The molecule has 0 amide bonds. The van der Waals surface area contributed by atoms with E-state index >= 15 is 0 Å². The third kappa shape index (κ3) is 3.65. The first-order valence-electron chi connectivity index (χ1n) is 6.53. The maximum absolute atomic E-state index is 11.2. The van der Waals surface area contributed by atoms with Crippen LogP contribution in [0.25, 0.3) is 0 Å². The summed E-state index contributed by atoms with van der Waals surface area (Å²) >= 11 is 0. The van der Waals surface area contributed by atoms with Crippen molar-refractivity contribution in [2.24, 2.45) is 0 Å². The molecule has 0 aliphatic heterocycles. The maximum Gasteiger partial charge on any atom is 0.372 e. The lowest BCUT2D eigenvalue weighted by atomic mass is 10.1. The van der Waals surface area contributed by atoms with E-state index in [1.807, 2.05) is 31.2 Å². The fraction of sp³-hybridized carbons (Fsp3) is 0.286. The zero-order valence-electron chi connectivity index (χ0n) is 11.9. The molecule has 0 aliphatic carbocycles. The summed E-state index contributed by atoms with van der Waals surface area (Å²) in [5.41, 5.74) is 1.92. The lowest BCUT2D eigenvalue weighted by molar-refractivity contribution is -0.385. The number of ether oxygens (including phenoxy) is 1. The highest BCUT2D eigenvalue weighted by Crippen LogP contribution is 2.30. The maximum atomic E-state index is 11.2. The average Bonchev–Trinajstić information content (AvgIpc) is 2.47. The van der Waals surface area contributed by atoms with E-state index in [0.717, 1.165) is 11.1 Å². The first kappa shape index (κ1) is 14.7. The molecular formula is C14H16N4O3. The van der Waals surface area contributed by atoms with Gasteiger partial charge in [-0.3, -0.25) is 10.1 Å². The highest BCUT2D eigenvalue weighted by Gasteiger charge is 2.23. The Morgan fingerprint density at radius 2 is 2.00 bits per heavy atom. The molecule has 1 aromatic carbocycles. The average molecular weight is 288 g/mol. The van der Waals surface area contributed by atoms with Gasteiger partial charge in [0.1, 0.15) is 6.33 Å². The van der Waals surface area contributed by atoms with Gasteiger partial charge in [0.15, 0.2) is 0 Å². The first-order chi connectivity index (χ1) is 10.1. The second-order valence-electron chi connectivity index (χ2n) is 4.41. The summed E-state index contributed by atoms with van der Waals surface area (Å²) in [4.78, 5) is 18.4. The Morgan fingerprint density at radius 3 is 2.62 bits per heavy atom. The van der Waals surface area contributed by atoms with E-state index in [9.17, 15) is 10.1 Å². The monoisotopic (exact) mass is 288 g/mol. The minimum absolute atomic E-state index is 0.0242. The molecule has 0 saturated carbocycles. The van der Waals surface area contributed by atoms with Crippen LogP contribution < -0.4 is 10.1 Å². The molecule has 110 valence electrons. The van der Waals surface area contributed by atoms with Crippen LogP contribution in [0.4, 0.5) is 11.5 Å². The van der Waals surface area contributed by atoms with E-state index in [2.05, 4.69) is 15.3 Å². The molecule has 7 heteroatoms. The number of hydrogen-bond acceptors (Lipinski definition) is 6. The molecule has 1 heterocycles. The van der Waals surface area contributed by atoms with Crippen LogP contribution in [-0.4, -0.2) is 21.5 Å². The van der Waals surface area contributed by atoms with Gasteiger partial charge in [-0.15, -0.1) is 0 Å². The Kier molecular flexibility index (Phi) is 4.65. The van der Waals surface area contributed by atoms with Crippen molar-refractivity contribution in [3.05, 3.63) is 51.8 Å². The van der Waals surface area contributed by atoms with Gasteiger partial charge in [0.25, 0.3) is 5.88 Å². The van der Waals surface area contributed by atoms with Crippen LogP contribution >= 0.6 is 0 Å². The Hall–Kier alpha value is -2.70. The molecule has 0 saturated heterocycles. The van der Waals surface area contributed by atoms with Crippen LogP contribution in [0.1, 0.15) is 18.1 Å². The van der Waals surface area contributed by atoms with Crippen molar-refractivity contribution in [1.82, 2.24) is 9.97 Å². The Balaban J connectivity index is 2.21. The number of nitrogens with zero attached hydrogens (tertiary/aromatic N) is 3. The molecule has 0 unspecified atom stereocenters. The van der Waals surface area contributed by atoms with Gasteiger partial charge in [-0.2, -0.15) is 4.98 Å². The van der Waals surface area contributed by atoms with E-state index in [-0.39, 0.29) is 17.4 Å². The van der Waals surface area contributed by atoms with Crippen molar-refractivity contribution in [2.45, 2.75) is 20.4 Å². The van der Waals surface area contributed by atoms with E-state index in [1.165, 1.54) is 6.33 Å². The van der Waals surface area contributed by atoms with Crippen molar-refractivity contribution in [1.29, 1.82) is 0 Å². The van der Waals surface area contributed by atoms with Gasteiger partial charge in [0, 0.05) is 6.54 Å². The van der Waals surface area contributed by atoms with Crippen molar-refractivity contribution in [3.8, 4) is 5.88 Å². The van der Waals surface area contributed by atoms with Crippen LogP contribution in [-0.2, 0) is 6.54 Å². The normalized spacial score (nSPS) is 10.2. The van der Waals surface area contributed by atoms with Gasteiger partial charge in [-0.1, -0.05) is 29.8 Å². The molecule has 0 spiro atoms. The third-order valence-electron chi connectivity index (χ3n) is 2.83. The lowest BCUT2D eigenvalue weighted by Gasteiger charge is -2.08. The van der Waals surface area contributed by atoms with Crippen molar-refractivity contribution in [2.75, 3.05) is 11.9 Å². The van der Waals surface area contributed by atoms with Crippen molar-refractivity contribution in [3.63, 3.8) is 0 Å². The second kappa shape index (κ2) is 6.65. The van der Waals surface area contributed by atoms with Crippen molar-refractivity contribution >= 4 is 11.5 Å². The molecule has 21 heavy (non-hydrogen) atoms. The molecule has 7 nitrogen and oxygen atoms in total. The molecule has 2 aromatic rings. The summed E-state index contributed by atoms with van der Waals surface area (Å²) in [6.45, 7) is 4.48. The van der Waals surface area contributed by atoms with Gasteiger partial charge in [0.05, 0.1) is 11.5 Å². The number of rotatable bonds is 6. The SMILES string of the molecule is CCOc1ncnc(NCc2ccc(C)cc2)c1[N+](=O)[O-]. The van der Waals surface area contributed by atoms with Crippen LogP contribution in [0, 0.1) is 17.0 Å². The van der Waals surface area contributed by atoms with E-state index in [0.29, 0.717) is 13.2 Å². The molecule has 1 N–H and O–H groups in total. The Labute approximate surface area is 122 Å². The molecule has 2 rings (SSSR count). The molecule has 1 aromatic heterocycles. The number of benzene rings is 1. The number of aromatic nitrogens is 2. The predicted molar refractivity (Wildman–Crippen MR) is 78.4 cm³/mol. The smallest absolute Gasteiger partial charge is 0.372 e. The molecule has 0 fully saturated rings. The van der Waals surface area contributed by atoms with E-state index in [1.54, 1.807) is 6.92 Å². The number of anilines is 1. The van der Waals surface area contributed by atoms with Gasteiger partial charge < -0.3 is 10.1 Å². The predicted octanol–water partition coefficient (Wildman–Crippen LogP) is 2.70. The minimum atomic E-state index is -0.539.